The summed E-state index contributed by atoms with van der Waals surface area (Å²) in [5.41, 5.74) is 0. The van der Waals surface area contributed by atoms with Gasteiger partial charge in [0.15, 0.2) is 6.10 Å². The molecule has 0 aliphatic rings. The summed E-state index contributed by atoms with van der Waals surface area (Å²) in [4.78, 5) is 58.4. The predicted molar refractivity (Wildman–Crippen MR) is 389 cm³/mol. The van der Waals surface area contributed by atoms with Gasteiger partial charge in [-0.2, -0.15) is 0 Å². The van der Waals surface area contributed by atoms with Crippen molar-refractivity contribution >= 4 is 33.6 Å². The maximum atomic E-state index is 12.9. The Balaban J connectivity index is 4.60. The number of hydrogen-bond donors (Lipinski definition) is 4. The summed E-state index contributed by atoms with van der Waals surface area (Å²) in [5.74, 6) is -1.70. The number of aliphatic hydroxyl groups excluding tert-OH is 2. The minimum absolute atomic E-state index is 0.0372. The second-order valence-electron chi connectivity index (χ2n) is 23.3. The van der Waals surface area contributed by atoms with Crippen molar-refractivity contribution in [3.05, 3.63) is 158 Å². The Morgan fingerprint density at radius 3 is 0.947 bits per heavy atom. The number of unbranched alkanes of at least 4 members (excludes halogenated alkanes) is 17. The summed E-state index contributed by atoms with van der Waals surface area (Å²) in [6.07, 6.45) is 84.6. The summed E-state index contributed by atoms with van der Waals surface area (Å²) >= 11 is 0. The molecule has 0 amide bonds. The van der Waals surface area contributed by atoms with Gasteiger partial charge in [-0.05, 0) is 128 Å². The number of esters is 3. The first kappa shape index (κ1) is 90.2. The van der Waals surface area contributed by atoms with E-state index in [9.17, 15) is 43.5 Å². The number of aliphatic hydroxyl groups is 2. The topological polar surface area (TPSA) is 231 Å². The number of phosphoric ester groups is 2. The Bertz CT molecular complexity index is 2360. The van der Waals surface area contributed by atoms with Crippen LogP contribution in [-0.2, 0) is 55.8 Å². The van der Waals surface area contributed by atoms with Crippen LogP contribution in [0, 0.1) is 0 Å². The molecule has 16 nitrogen and oxygen atoms in total. The SMILES string of the molecule is CC/C=C\C/C=C\C/C=C\C/C=C\C/C=C\C/C=C\CCC(=O)OCC(COP(=O)(O)OCC(O)COP(=O)(O)OCC(O)COC(=O)CCCCCCCCCCCCC/C=C\C/C=C\C/C=C\C/C=C\C/C=C\CC)OC(=O)CCCCCCC/C=C\C/C=C\CCC. The van der Waals surface area contributed by atoms with E-state index in [1.54, 1.807) is 0 Å². The summed E-state index contributed by atoms with van der Waals surface area (Å²) in [6.45, 7) is 2.24. The number of rotatable bonds is 66. The number of ether oxygens (including phenoxy) is 3. The molecule has 0 saturated carbocycles. The van der Waals surface area contributed by atoms with Gasteiger partial charge in [-0.25, -0.2) is 9.13 Å². The first-order valence-corrected chi connectivity index (χ1v) is 38.8. The van der Waals surface area contributed by atoms with Crippen LogP contribution in [0.5, 0.6) is 0 Å². The largest absolute Gasteiger partial charge is 0.472 e. The van der Waals surface area contributed by atoms with E-state index in [0.717, 1.165) is 148 Å². The van der Waals surface area contributed by atoms with Gasteiger partial charge in [0, 0.05) is 19.3 Å². The van der Waals surface area contributed by atoms with Crippen molar-refractivity contribution in [3.8, 4) is 0 Å². The van der Waals surface area contributed by atoms with Gasteiger partial charge in [-0.3, -0.25) is 32.5 Å². The smallest absolute Gasteiger partial charge is 0.463 e. The van der Waals surface area contributed by atoms with Crippen LogP contribution < -0.4 is 0 Å². The molecule has 0 radical (unpaired) electrons. The van der Waals surface area contributed by atoms with Gasteiger partial charge < -0.3 is 34.2 Å². The summed E-state index contributed by atoms with van der Waals surface area (Å²) in [6, 6.07) is 0. The lowest BCUT2D eigenvalue weighted by Gasteiger charge is -2.21. The van der Waals surface area contributed by atoms with Gasteiger partial charge in [0.25, 0.3) is 0 Å². The third kappa shape index (κ3) is 70.3. The van der Waals surface area contributed by atoms with E-state index in [2.05, 4.69) is 161 Å². The summed E-state index contributed by atoms with van der Waals surface area (Å²) in [7, 11) is -9.81. The highest BCUT2D eigenvalue weighted by Crippen LogP contribution is 2.45. The minimum atomic E-state index is -4.95. The maximum absolute atomic E-state index is 12.9. The first-order valence-electron chi connectivity index (χ1n) is 35.8. The Morgan fingerprint density at radius 1 is 0.305 bits per heavy atom. The Morgan fingerprint density at radius 2 is 0.579 bits per heavy atom. The van der Waals surface area contributed by atoms with E-state index < -0.39 is 91.5 Å². The molecule has 0 aromatic carbocycles. The molecule has 0 rings (SSSR count). The van der Waals surface area contributed by atoms with Crippen LogP contribution in [0.15, 0.2) is 158 Å². The fourth-order valence-corrected chi connectivity index (χ4v) is 10.4. The second-order valence-corrected chi connectivity index (χ2v) is 26.2. The maximum Gasteiger partial charge on any atom is 0.472 e. The number of carbonyl (C=O) groups excluding carboxylic acids is 3. The van der Waals surface area contributed by atoms with Crippen LogP contribution in [0.3, 0.4) is 0 Å². The second kappa shape index (κ2) is 69.1. The number of phosphoric acid groups is 2. The first-order chi connectivity index (χ1) is 46.2. The molecule has 0 spiro atoms. The van der Waals surface area contributed by atoms with Crippen molar-refractivity contribution in [2.45, 2.75) is 270 Å². The number of hydrogen-bond acceptors (Lipinski definition) is 14. The normalized spacial score (nSPS) is 15.1. The Labute approximate surface area is 574 Å². The molecule has 4 N–H and O–H groups in total. The zero-order valence-corrected chi connectivity index (χ0v) is 60.3. The van der Waals surface area contributed by atoms with Gasteiger partial charge in [0.2, 0.25) is 0 Å². The highest BCUT2D eigenvalue weighted by Gasteiger charge is 2.29. The molecular weight excluding hydrogens is 1240 g/mol. The van der Waals surface area contributed by atoms with Crippen molar-refractivity contribution in [2.24, 2.45) is 0 Å². The monoisotopic (exact) mass is 1370 g/mol. The van der Waals surface area contributed by atoms with Gasteiger partial charge in [-0.15, -0.1) is 0 Å². The van der Waals surface area contributed by atoms with Gasteiger partial charge >= 0.3 is 33.6 Å². The molecular formula is C77H126O16P2. The van der Waals surface area contributed by atoms with Crippen molar-refractivity contribution in [3.63, 3.8) is 0 Å². The molecule has 95 heavy (non-hydrogen) atoms. The van der Waals surface area contributed by atoms with Gasteiger partial charge in [0.05, 0.1) is 26.4 Å². The molecule has 18 heteroatoms. The van der Waals surface area contributed by atoms with E-state index in [-0.39, 0.29) is 19.3 Å². The van der Waals surface area contributed by atoms with E-state index in [1.165, 1.54) is 38.5 Å². The molecule has 5 atom stereocenters. The lowest BCUT2D eigenvalue weighted by molar-refractivity contribution is -0.161. The highest BCUT2D eigenvalue weighted by atomic mass is 31.2. The van der Waals surface area contributed by atoms with Crippen LogP contribution in [0.1, 0.15) is 252 Å². The zero-order chi connectivity index (χ0) is 69.5. The van der Waals surface area contributed by atoms with E-state index >= 15 is 0 Å². The molecule has 0 aliphatic heterocycles. The molecule has 540 valence electrons. The quantitative estimate of drug-likeness (QED) is 0.0146. The molecule has 5 unspecified atom stereocenters. The molecule has 0 aromatic rings. The lowest BCUT2D eigenvalue weighted by atomic mass is 10.0. The molecule has 0 aliphatic carbocycles. The van der Waals surface area contributed by atoms with Crippen LogP contribution >= 0.6 is 15.6 Å². The lowest BCUT2D eigenvalue weighted by Crippen LogP contribution is -2.30. The third-order valence-corrected chi connectivity index (χ3v) is 16.1. The van der Waals surface area contributed by atoms with E-state index in [0.29, 0.717) is 25.7 Å². The van der Waals surface area contributed by atoms with Crippen molar-refractivity contribution in [1.82, 2.24) is 0 Å². The van der Waals surface area contributed by atoms with Gasteiger partial charge in [-0.1, -0.05) is 262 Å². The standard InChI is InChI=1S/C77H126O16P2/c1-4-7-10-13-16-19-22-25-27-29-31-32-33-34-35-36-37-38-40-42-43-46-48-51-54-57-60-63-75(80)87-66-72(78)67-89-94(83,84)90-68-73(79)69-91-95(85,86)92-71-74(93-77(82)65-62-59-56-53-50-45-24-21-18-15-12-9-6-3)70-88-76(81)64-61-58-55-52-49-47-44-41-39-30-28-26-23-20-17-14-11-8-5-2/h7-8,10-12,15-17,19-21,24-28,31-32,34-35,39,41,47,49,55,58,72-74,78-79H,4-6,9,13-14,18,22-23,29-30,33,36-38,40,42-46,48,50-54,56-57,59-71H2,1-3H3,(H,83,84)(H,85,86)/b10-7-,11-8-,15-12-,19-16-,20-17-,24-21-,27-25-,28-26-,32-31-,35-34-,41-39-,49-47-,58-55-. The van der Waals surface area contributed by atoms with Crippen LogP contribution in [0.4, 0.5) is 0 Å². The van der Waals surface area contributed by atoms with Crippen molar-refractivity contribution in [2.75, 3.05) is 39.6 Å². The Kier molecular flexibility index (Phi) is 65.6. The van der Waals surface area contributed by atoms with Gasteiger partial charge in [0.1, 0.15) is 25.4 Å². The molecule has 0 aromatic heterocycles. The molecule has 0 fully saturated rings. The predicted octanol–water partition coefficient (Wildman–Crippen LogP) is 20.3. The van der Waals surface area contributed by atoms with Crippen molar-refractivity contribution < 1.29 is 75.8 Å². The Hall–Kier alpha value is -4.83. The van der Waals surface area contributed by atoms with Crippen LogP contribution in [0.2, 0.25) is 0 Å². The molecule has 0 bridgehead atoms. The average molecular weight is 1370 g/mol. The molecule has 0 saturated heterocycles. The minimum Gasteiger partial charge on any atom is -0.463 e. The van der Waals surface area contributed by atoms with Crippen LogP contribution in [0.25, 0.3) is 0 Å². The van der Waals surface area contributed by atoms with Crippen LogP contribution in [-0.4, -0.2) is 95.9 Å². The highest BCUT2D eigenvalue weighted by molar-refractivity contribution is 7.47. The van der Waals surface area contributed by atoms with E-state index in [4.69, 9.17) is 32.3 Å². The zero-order valence-electron chi connectivity index (χ0n) is 58.5. The molecule has 0 heterocycles. The number of carbonyl (C=O) groups is 3. The van der Waals surface area contributed by atoms with E-state index in [1.807, 2.05) is 18.2 Å². The van der Waals surface area contributed by atoms with Crippen molar-refractivity contribution in [1.29, 1.82) is 0 Å². The average Bonchev–Trinajstić information content (AvgIpc) is 2.12. The third-order valence-electron chi connectivity index (χ3n) is 14.2. The fraction of sp³-hybridized carbons (Fsp3) is 0.623. The summed E-state index contributed by atoms with van der Waals surface area (Å²) < 4.78 is 60.8. The number of allylic oxidation sites excluding steroid dienone is 26. The fourth-order valence-electron chi connectivity index (χ4n) is 8.84. The summed E-state index contributed by atoms with van der Waals surface area (Å²) in [5, 5.41) is 20.6.